The Labute approximate surface area is 64.5 Å². The fourth-order valence-corrected chi connectivity index (χ4v) is 0.827. The average Bonchev–Trinajstić information content (AvgIpc) is 2.04. The quantitative estimate of drug-likeness (QED) is 0.610. The van der Waals surface area contributed by atoms with Crippen molar-refractivity contribution >= 4 is 6.29 Å². The van der Waals surface area contributed by atoms with Gasteiger partial charge >= 0.3 is 0 Å². The molecule has 0 aliphatic rings. The number of carbonyl (C=O) groups excluding carboxylic acids is 1. The van der Waals surface area contributed by atoms with Gasteiger partial charge in [-0.2, -0.15) is 0 Å². The lowest BCUT2D eigenvalue weighted by molar-refractivity contribution is 0.112. The predicted molar refractivity (Wildman–Crippen MR) is 41.4 cm³/mol. The van der Waals surface area contributed by atoms with E-state index < -0.39 is 0 Å². The maximum Gasteiger partial charge on any atom is 0.150 e. The molecule has 3 heteroatoms. The van der Waals surface area contributed by atoms with Gasteiger partial charge in [0.2, 0.25) is 0 Å². The first-order valence-electron chi connectivity index (χ1n) is 3.25. The average molecular weight is 151 g/mol. The first-order chi connectivity index (χ1) is 5.27. The first-order valence-corrected chi connectivity index (χ1v) is 3.25. The Kier molecular flexibility index (Phi) is 2.23. The Morgan fingerprint density at radius 2 is 2.27 bits per heavy atom. The van der Waals surface area contributed by atoms with Crippen molar-refractivity contribution < 1.29 is 9.90 Å². The van der Waals surface area contributed by atoms with Gasteiger partial charge in [-0.3, -0.25) is 4.79 Å². The third kappa shape index (κ3) is 1.56. The van der Waals surface area contributed by atoms with Crippen molar-refractivity contribution in [2.75, 3.05) is 0 Å². The zero-order valence-electron chi connectivity index (χ0n) is 5.95. The molecule has 1 rings (SSSR count). The fraction of sp³-hybridized carbons (Fsp3) is 0.125. The topological polar surface area (TPSA) is 63.3 Å². The normalized spacial score (nSPS) is 9.55. The van der Waals surface area contributed by atoms with Crippen LogP contribution in [0.25, 0.3) is 0 Å². The molecule has 58 valence electrons. The van der Waals surface area contributed by atoms with Crippen LogP contribution in [0.2, 0.25) is 0 Å². The van der Waals surface area contributed by atoms with Gasteiger partial charge in [0.05, 0.1) is 0 Å². The molecule has 0 aromatic heterocycles. The van der Waals surface area contributed by atoms with Crippen LogP contribution in [0.15, 0.2) is 18.2 Å². The number of hydrogen-bond acceptors (Lipinski definition) is 3. The van der Waals surface area contributed by atoms with Crippen molar-refractivity contribution in [3.05, 3.63) is 29.3 Å². The van der Waals surface area contributed by atoms with Gasteiger partial charge in [0.25, 0.3) is 0 Å². The zero-order valence-corrected chi connectivity index (χ0v) is 5.95. The van der Waals surface area contributed by atoms with Crippen LogP contribution < -0.4 is 5.73 Å². The summed E-state index contributed by atoms with van der Waals surface area (Å²) in [5.74, 6) is 0.0806. The monoisotopic (exact) mass is 151 g/mol. The summed E-state index contributed by atoms with van der Waals surface area (Å²) in [6.07, 6.45) is 0.681. The second-order valence-electron chi connectivity index (χ2n) is 2.21. The minimum Gasteiger partial charge on any atom is -0.508 e. The lowest BCUT2D eigenvalue weighted by atomic mass is 10.1. The second-order valence-corrected chi connectivity index (χ2v) is 2.21. The Hall–Kier alpha value is -1.35. The molecule has 3 nitrogen and oxygen atoms in total. The number of rotatable bonds is 2. The molecule has 0 unspecified atom stereocenters. The van der Waals surface area contributed by atoms with E-state index in [1.54, 1.807) is 12.1 Å². The standard InChI is InChI=1S/C8H9NO2/c9-4-7-2-1-6(5-10)3-8(7)11/h1-3,5,11H,4,9H2. The summed E-state index contributed by atoms with van der Waals surface area (Å²) in [5.41, 5.74) is 6.40. The summed E-state index contributed by atoms with van der Waals surface area (Å²) in [5, 5.41) is 9.18. The maximum absolute atomic E-state index is 10.2. The third-order valence-electron chi connectivity index (χ3n) is 1.47. The van der Waals surface area contributed by atoms with Gasteiger partial charge in [-0.25, -0.2) is 0 Å². The number of nitrogens with two attached hydrogens (primary N) is 1. The SMILES string of the molecule is NCc1ccc(C=O)cc1O. The van der Waals surface area contributed by atoms with Crippen LogP contribution in [0.1, 0.15) is 15.9 Å². The van der Waals surface area contributed by atoms with E-state index in [0.717, 1.165) is 0 Å². The van der Waals surface area contributed by atoms with Gasteiger partial charge in [-0.05, 0) is 6.07 Å². The molecule has 0 atom stereocenters. The summed E-state index contributed by atoms with van der Waals surface area (Å²) in [4.78, 5) is 10.2. The van der Waals surface area contributed by atoms with E-state index in [0.29, 0.717) is 17.4 Å². The van der Waals surface area contributed by atoms with Gasteiger partial charge in [0.15, 0.2) is 0 Å². The summed E-state index contributed by atoms with van der Waals surface area (Å²) in [7, 11) is 0. The van der Waals surface area contributed by atoms with Gasteiger partial charge in [-0.15, -0.1) is 0 Å². The number of benzene rings is 1. The molecule has 0 aliphatic heterocycles. The summed E-state index contributed by atoms with van der Waals surface area (Å²) in [6, 6.07) is 4.66. The molecule has 0 fully saturated rings. The summed E-state index contributed by atoms with van der Waals surface area (Å²) >= 11 is 0. The number of aldehydes is 1. The molecule has 0 spiro atoms. The van der Waals surface area contributed by atoms with Crippen molar-refractivity contribution in [1.29, 1.82) is 0 Å². The summed E-state index contributed by atoms with van der Waals surface area (Å²) in [6.45, 7) is 0.283. The molecule has 1 aromatic carbocycles. The zero-order chi connectivity index (χ0) is 8.27. The molecular formula is C8H9NO2. The highest BCUT2D eigenvalue weighted by molar-refractivity contribution is 5.75. The molecule has 11 heavy (non-hydrogen) atoms. The van der Waals surface area contributed by atoms with E-state index in [4.69, 9.17) is 5.73 Å². The van der Waals surface area contributed by atoms with E-state index in [2.05, 4.69) is 0 Å². The largest absolute Gasteiger partial charge is 0.508 e. The van der Waals surface area contributed by atoms with Crippen molar-refractivity contribution in [2.45, 2.75) is 6.54 Å². The lowest BCUT2D eigenvalue weighted by Gasteiger charge is -2.00. The highest BCUT2D eigenvalue weighted by atomic mass is 16.3. The fourth-order valence-electron chi connectivity index (χ4n) is 0.827. The van der Waals surface area contributed by atoms with E-state index >= 15 is 0 Å². The highest BCUT2D eigenvalue weighted by Crippen LogP contribution is 2.16. The second kappa shape index (κ2) is 3.16. The van der Waals surface area contributed by atoms with Crippen LogP contribution in [0.3, 0.4) is 0 Å². The van der Waals surface area contributed by atoms with Crippen molar-refractivity contribution in [3.8, 4) is 5.75 Å². The van der Waals surface area contributed by atoms with Crippen molar-refractivity contribution in [3.63, 3.8) is 0 Å². The molecule has 0 bridgehead atoms. The van der Waals surface area contributed by atoms with E-state index in [-0.39, 0.29) is 12.3 Å². The Morgan fingerprint density at radius 1 is 1.55 bits per heavy atom. The van der Waals surface area contributed by atoms with Crippen molar-refractivity contribution in [2.24, 2.45) is 5.73 Å². The highest BCUT2D eigenvalue weighted by Gasteiger charge is 1.98. The van der Waals surface area contributed by atoms with Crippen LogP contribution in [0.5, 0.6) is 5.75 Å². The third-order valence-corrected chi connectivity index (χ3v) is 1.47. The molecule has 1 aromatic rings. The van der Waals surface area contributed by atoms with Crippen LogP contribution in [0.4, 0.5) is 0 Å². The van der Waals surface area contributed by atoms with Gasteiger partial charge in [-0.1, -0.05) is 12.1 Å². The number of aromatic hydroxyl groups is 1. The molecule has 0 heterocycles. The minimum atomic E-state index is 0.0806. The molecule has 0 aliphatic carbocycles. The summed E-state index contributed by atoms with van der Waals surface area (Å²) < 4.78 is 0. The van der Waals surface area contributed by atoms with Crippen LogP contribution >= 0.6 is 0 Å². The lowest BCUT2D eigenvalue weighted by Crippen LogP contribution is -1.96. The molecular weight excluding hydrogens is 142 g/mol. The minimum absolute atomic E-state index is 0.0806. The molecule has 0 radical (unpaired) electrons. The Balaban J connectivity index is 3.09. The first kappa shape index (κ1) is 7.75. The maximum atomic E-state index is 10.2. The van der Waals surface area contributed by atoms with E-state index in [9.17, 15) is 9.90 Å². The molecule has 3 N–H and O–H groups in total. The van der Waals surface area contributed by atoms with E-state index in [1.165, 1.54) is 6.07 Å². The molecule has 0 saturated heterocycles. The van der Waals surface area contributed by atoms with Crippen molar-refractivity contribution in [1.82, 2.24) is 0 Å². The smallest absolute Gasteiger partial charge is 0.150 e. The van der Waals surface area contributed by atoms with Gasteiger partial charge < -0.3 is 10.8 Å². The Morgan fingerprint density at radius 3 is 2.73 bits per heavy atom. The molecule has 0 saturated carbocycles. The van der Waals surface area contributed by atoms with Crippen LogP contribution in [-0.4, -0.2) is 11.4 Å². The van der Waals surface area contributed by atoms with Crippen LogP contribution in [0, 0.1) is 0 Å². The number of carbonyl (C=O) groups is 1. The number of phenolic OH excluding ortho intramolecular Hbond substituents is 1. The Bertz CT molecular complexity index is 271. The van der Waals surface area contributed by atoms with E-state index in [1.807, 2.05) is 0 Å². The van der Waals surface area contributed by atoms with Crippen LogP contribution in [-0.2, 0) is 6.54 Å². The van der Waals surface area contributed by atoms with Gasteiger partial charge in [0.1, 0.15) is 12.0 Å². The van der Waals surface area contributed by atoms with Gasteiger partial charge in [0, 0.05) is 17.7 Å². The predicted octanol–water partition coefficient (Wildman–Crippen LogP) is 0.663. The number of hydrogen-bond donors (Lipinski definition) is 2. The molecule has 0 amide bonds. The number of phenols is 1.